The average Bonchev–Trinajstić information content (AvgIpc) is 1.84. The van der Waals surface area contributed by atoms with E-state index in [-0.39, 0.29) is 0 Å². The zero-order valence-electron chi connectivity index (χ0n) is 5.13. The summed E-state index contributed by atoms with van der Waals surface area (Å²) in [6.45, 7) is 0.951. The van der Waals surface area contributed by atoms with Crippen molar-refractivity contribution in [2.75, 3.05) is 0 Å². The third-order valence-electron chi connectivity index (χ3n) is 1.01. The highest BCUT2D eigenvalue weighted by Gasteiger charge is 2.29. The van der Waals surface area contributed by atoms with E-state index in [1.54, 1.807) is 0 Å². The van der Waals surface area contributed by atoms with Crippen LogP contribution in [0.5, 0.6) is 0 Å². The van der Waals surface area contributed by atoms with Gasteiger partial charge in [-0.1, -0.05) is 0 Å². The molecule has 62 valence electrons. The zero-order valence-corrected chi connectivity index (χ0v) is 5.95. The van der Waals surface area contributed by atoms with Crippen molar-refractivity contribution in [3.05, 3.63) is 0 Å². The molecule has 3 unspecified atom stereocenters. The van der Waals surface area contributed by atoms with Gasteiger partial charge in [0.2, 0.25) is 0 Å². The van der Waals surface area contributed by atoms with Crippen molar-refractivity contribution in [2.45, 2.75) is 24.8 Å². The van der Waals surface area contributed by atoms with Gasteiger partial charge in [-0.05, 0) is 6.92 Å². The first-order valence-corrected chi connectivity index (χ1v) is 3.65. The van der Waals surface area contributed by atoms with Gasteiger partial charge in [-0.2, -0.15) is 0 Å². The SMILES string of the molecule is CC(C(F)C(F)F)S(=O)O. The van der Waals surface area contributed by atoms with E-state index in [9.17, 15) is 17.4 Å². The number of alkyl halides is 3. The Hall–Kier alpha value is -0.100. The molecule has 0 spiro atoms. The highest BCUT2D eigenvalue weighted by Crippen LogP contribution is 2.13. The molecule has 2 nitrogen and oxygen atoms in total. The fourth-order valence-electron chi connectivity index (χ4n) is 0.316. The molecule has 0 saturated carbocycles. The molecule has 0 heterocycles. The smallest absolute Gasteiger partial charge is 0.270 e. The predicted molar refractivity (Wildman–Crippen MR) is 31.1 cm³/mol. The summed E-state index contributed by atoms with van der Waals surface area (Å²) >= 11 is -2.52. The van der Waals surface area contributed by atoms with Crippen LogP contribution in [0.15, 0.2) is 0 Å². The van der Waals surface area contributed by atoms with Gasteiger partial charge >= 0.3 is 0 Å². The highest BCUT2D eigenvalue weighted by molar-refractivity contribution is 7.79. The van der Waals surface area contributed by atoms with E-state index in [2.05, 4.69) is 0 Å². The maximum atomic E-state index is 12.1. The largest absolute Gasteiger partial charge is 0.306 e. The molecule has 0 amide bonds. The van der Waals surface area contributed by atoms with Gasteiger partial charge < -0.3 is 4.55 Å². The molecule has 1 N–H and O–H groups in total. The molecule has 3 atom stereocenters. The summed E-state index contributed by atoms with van der Waals surface area (Å²) in [4.78, 5) is 0. The van der Waals surface area contributed by atoms with Crippen LogP contribution in [0.2, 0.25) is 0 Å². The van der Waals surface area contributed by atoms with Crippen molar-refractivity contribution >= 4 is 11.1 Å². The summed E-state index contributed by atoms with van der Waals surface area (Å²) in [6.07, 6.45) is -5.71. The lowest BCUT2D eigenvalue weighted by molar-refractivity contribution is 0.0496. The van der Waals surface area contributed by atoms with E-state index >= 15 is 0 Å². The van der Waals surface area contributed by atoms with Gasteiger partial charge in [-0.3, -0.25) is 0 Å². The maximum Gasteiger partial charge on any atom is 0.270 e. The van der Waals surface area contributed by atoms with Crippen LogP contribution in [-0.2, 0) is 11.1 Å². The number of halogens is 3. The topological polar surface area (TPSA) is 37.3 Å². The molecule has 0 bridgehead atoms. The molecule has 10 heavy (non-hydrogen) atoms. The van der Waals surface area contributed by atoms with E-state index in [1.165, 1.54) is 0 Å². The van der Waals surface area contributed by atoms with Crippen LogP contribution in [0.4, 0.5) is 13.2 Å². The Morgan fingerprint density at radius 2 is 1.80 bits per heavy atom. The minimum Gasteiger partial charge on any atom is -0.306 e. The Morgan fingerprint density at radius 1 is 1.40 bits per heavy atom. The van der Waals surface area contributed by atoms with E-state index in [0.717, 1.165) is 6.92 Å². The Bertz CT molecular complexity index is 130. The van der Waals surface area contributed by atoms with Gasteiger partial charge in [0.05, 0.1) is 5.25 Å². The molecule has 0 aromatic heterocycles. The van der Waals surface area contributed by atoms with E-state index < -0.39 is 28.9 Å². The Morgan fingerprint density at radius 3 is 1.90 bits per heavy atom. The quantitative estimate of drug-likeness (QED) is 0.656. The first-order chi connectivity index (χ1) is 4.46. The van der Waals surface area contributed by atoms with Crippen molar-refractivity contribution in [1.29, 1.82) is 0 Å². The molecular formula is C4H7F3O2S. The first kappa shape index (κ1) is 9.90. The normalized spacial score (nSPS) is 20.6. The van der Waals surface area contributed by atoms with Crippen LogP contribution < -0.4 is 0 Å². The van der Waals surface area contributed by atoms with Crippen LogP contribution in [0, 0.1) is 0 Å². The fraction of sp³-hybridized carbons (Fsp3) is 1.00. The molecule has 0 rings (SSSR count). The monoisotopic (exact) mass is 176 g/mol. The lowest BCUT2D eigenvalue weighted by Crippen LogP contribution is -2.29. The second-order valence-electron chi connectivity index (χ2n) is 1.76. The van der Waals surface area contributed by atoms with Gasteiger partial charge in [0.25, 0.3) is 6.43 Å². The van der Waals surface area contributed by atoms with Gasteiger partial charge in [-0.15, -0.1) is 0 Å². The lowest BCUT2D eigenvalue weighted by atomic mass is 10.3. The first-order valence-electron chi connectivity index (χ1n) is 2.48. The number of hydrogen-bond donors (Lipinski definition) is 1. The standard InChI is InChI=1S/C4H7F3O2S/c1-2(10(8)9)3(5)4(6)7/h2-4H,1H3,(H,8,9). The van der Waals surface area contributed by atoms with Crippen molar-refractivity contribution in [3.63, 3.8) is 0 Å². The van der Waals surface area contributed by atoms with Crippen LogP contribution >= 0.6 is 0 Å². The van der Waals surface area contributed by atoms with Gasteiger partial charge in [0.15, 0.2) is 17.3 Å². The molecule has 0 fully saturated rings. The van der Waals surface area contributed by atoms with E-state index in [0.29, 0.717) is 0 Å². The average molecular weight is 176 g/mol. The second kappa shape index (κ2) is 3.92. The van der Waals surface area contributed by atoms with Crippen molar-refractivity contribution in [3.8, 4) is 0 Å². The number of rotatable bonds is 3. The van der Waals surface area contributed by atoms with Crippen LogP contribution in [-0.4, -0.2) is 26.6 Å². The summed E-state index contributed by atoms with van der Waals surface area (Å²) in [6, 6.07) is 0. The minimum atomic E-state index is -3.19. The third-order valence-corrected chi connectivity index (χ3v) is 1.90. The van der Waals surface area contributed by atoms with Gasteiger partial charge in [0, 0.05) is 0 Å². The molecule has 6 heteroatoms. The van der Waals surface area contributed by atoms with Crippen molar-refractivity contribution < 1.29 is 21.9 Å². The molecule has 0 radical (unpaired) electrons. The molecule has 0 saturated heterocycles. The van der Waals surface area contributed by atoms with Crippen LogP contribution in [0.1, 0.15) is 6.92 Å². The summed E-state index contributed by atoms with van der Waals surface area (Å²) in [5, 5.41) is -1.53. The van der Waals surface area contributed by atoms with Gasteiger partial charge in [0.1, 0.15) is 0 Å². The predicted octanol–water partition coefficient (Wildman–Crippen LogP) is 1.20. The molecular weight excluding hydrogens is 169 g/mol. The molecule has 0 aliphatic carbocycles. The maximum absolute atomic E-state index is 12.1. The Labute approximate surface area is 58.7 Å². The molecule has 0 aliphatic heterocycles. The number of hydrogen-bond acceptors (Lipinski definition) is 1. The summed E-state index contributed by atoms with van der Waals surface area (Å²) in [5.41, 5.74) is 0. The third kappa shape index (κ3) is 2.66. The minimum absolute atomic E-state index is 0.951. The van der Waals surface area contributed by atoms with Crippen LogP contribution in [0.25, 0.3) is 0 Å². The zero-order chi connectivity index (χ0) is 8.31. The second-order valence-corrected chi connectivity index (χ2v) is 3.06. The Kier molecular flexibility index (Phi) is 3.88. The summed E-state index contributed by atoms with van der Waals surface area (Å²) < 4.78 is 53.0. The van der Waals surface area contributed by atoms with Gasteiger partial charge in [-0.25, -0.2) is 17.4 Å². The molecule has 0 aliphatic rings. The van der Waals surface area contributed by atoms with E-state index in [4.69, 9.17) is 4.55 Å². The fourth-order valence-corrected chi connectivity index (χ4v) is 0.657. The van der Waals surface area contributed by atoms with Crippen molar-refractivity contribution in [1.82, 2.24) is 0 Å². The molecule has 0 aromatic rings. The van der Waals surface area contributed by atoms with E-state index in [1.807, 2.05) is 0 Å². The summed E-state index contributed by atoms with van der Waals surface area (Å²) in [5.74, 6) is 0. The Balaban J connectivity index is 3.94. The van der Waals surface area contributed by atoms with Crippen LogP contribution in [0.3, 0.4) is 0 Å². The van der Waals surface area contributed by atoms with Crippen molar-refractivity contribution in [2.24, 2.45) is 0 Å². The molecule has 0 aromatic carbocycles. The summed E-state index contributed by atoms with van der Waals surface area (Å²) in [7, 11) is 0. The lowest BCUT2D eigenvalue weighted by Gasteiger charge is -2.10. The highest BCUT2D eigenvalue weighted by atomic mass is 32.2.